The van der Waals surface area contributed by atoms with Gasteiger partial charge in [0.05, 0.1) is 12.6 Å². The number of likely N-dealkylation sites (tertiary alicyclic amines) is 1. The van der Waals surface area contributed by atoms with E-state index in [1.54, 1.807) is 0 Å². The highest BCUT2D eigenvalue weighted by Crippen LogP contribution is 2.34. The lowest BCUT2D eigenvalue weighted by Gasteiger charge is -2.21. The number of furan rings is 1. The highest BCUT2D eigenvalue weighted by Gasteiger charge is 2.29. The Hall–Kier alpha value is -2.07. The third-order valence-electron chi connectivity index (χ3n) is 4.64. The van der Waals surface area contributed by atoms with Crippen LogP contribution in [0.25, 0.3) is 11.0 Å². The molecule has 1 aliphatic rings. The van der Waals surface area contributed by atoms with E-state index in [1.807, 2.05) is 19.1 Å². The number of fused-ring (bicyclic) bond motifs is 1. The fourth-order valence-electron chi connectivity index (χ4n) is 3.45. The molecule has 1 atom stereocenters. The zero-order chi connectivity index (χ0) is 15.1. The summed E-state index contributed by atoms with van der Waals surface area (Å²) >= 11 is 0. The van der Waals surface area contributed by atoms with Crippen LogP contribution in [0.1, 0.15) is 41.7 Å². The van der Waals surface area contributed by atoms with Gasteiger partial charge in [-0.25, -0.2) is 0 Å². The third-order valence-corrected chi connectivity index (χ3v) is 4.64. The van der Waals surface area contributed by atoms with Gasteiger partial charge in [-0.15, -0.1) is 0 Å². The van der Waals surface area contributed by atoms with Crippen molar-refractivity contribution in [3.63, 3.8) is 0 Å². The smallest absolute Gasteiger partial charge is 0.134 e. The summed E-state index contributed by atoms with van der Waals surface area (Å²) in [6.07, 6.45) is 2.32. The Morgan fingerprint density at radius 2 is 2.14 bits per heavy atom. The molecule has 3 aromatic rings. The van der Waals surface area contributed by atoms with Crippen LogP contribution in [0.2, 0.25) is 0 Å². The van der Waals surface area contributed by atoms with Crippen molar-refractivity contribution < 1.29 is 8.94 Å². The van der Waals surface area contributed by atoms with Gasteiger partial charge in [0.15, 0.2) is 0 Å². The zero-order valence-electron chi connectivity index (χ0n) is 13.0. The number of para-hydroxylation sites is 1. The zero-order valence-corrected chi connectivity index (χ0v) is 13.0. The summed E-state index contributed by atoms with van der Waals surface area (Å²) in [5.74, 6) is 1.94. The van der Waals surface area contributed by atoms with Gasteiger partial charge in [-0.05, 0) is 44.9 Å². The van der Waals surface area contributed by atoms with Gasteiger partial charge in [0.1, 0.15) is 22.8 Å². The average Bonchev–Trinajstić information content (AvgIpc) is 3.21. The van der Waals surface area contributed by atoms with E-state index in [4.69, 9.17) is 8.94 Å². The van der Waals surface area contributed by atoms with E-state index in [2.05, 4.69) is 35.2 Å². The third kappa shape index (κ3) is 2.24. The number of hydrogen-bond acceptors (Lipinski definition) is 4. The van der Waals surface area contributed by atoms with Crippen LogP contribution >= 0.6 is 0 Å². The molecule has 1 fully saturated rings. The van der Waals surface area contributed by atoms with Crippen molar-refractivity contribution in [3.8, 4) is 0 Å². The van der Waals surface area contributed by atoms with E-state index >= 15 is 0 Å². The normalized spacial score (nSPS) is 19.3. The molecule has 0 radical (unpaired) electrons. The molecule has 0 bridgehead atoms. The standard InChI is InChI=1S/C18H20N2O2/c1-12-10-15(19-22-12)16-7-5-9-20(16)11-18-13(2)14-6-3-4-8-17(14)21-18/h3-4,6,8,10,16H,5,7,9,11H2,1-2H3/t16-/m0/s1. The van der Waals surface area contributed by atoms with E-state index in [0.717, 1.165) is 42.3 Å². The Morgan fingerprint density at radius 1 is 1.27 bits per heavy atom. The van der Waals surface area contributed by atoms with Crippen LogP contribution in [0.5, 0.6) is 0 Å². The summed E-state index contributed by atoms with van der Waals surface area (Å²) in [4.78, 5) is 2.45. The van der Waals surface area contributed by atoms with Crippen LogP contribution in [-0.2, 0) is 6.54 Å². The minimum Gasteiger partial charge on any atom is -0.459 e. The lowest BCUT2D eigenvalue weighted by molar-refractivity contribution is 0.220. The molecule has 114 valence electrons. The summed E-state index contributed by atoms with van der Waals surface area (Å²) < 4.78 is 11.3. The maximum Gasteiger partial charge on any atom is 0.134 e. The minimum absolute atomic E-state index is 0.338. The molecule has 4 heteroatoms. The van der Waals surface area contributed by atoms with Gasteiger partial charge >= 0.3 is 0 Å². The summed E-state index contributed by atoms with van der Waals surface area (Å²) in [6, 6.07) is 10.6. The Balaban J connectivity index is 1.62. The summed E-state index contributed by atoms with van der Waals surface area (Å²) in [5, 5.41) is 5.42. The molecular formula is C18H20N2O2. The van der Waals surface area contributed by atoms with Crippen LogP contribution in [0.15, 0.2) is 39.3 Å². The highest BCUT2D eigenvalue weighted by atomic mass is 16.5. The molecule has 0 unspecified atom stereocenters. The van der Waals surface area contributed by atoms with Crippen LogP contribution in [0.3, 0.4) is 0 Å². The number of aryl methyl sites for hydroxylation is 2. The van der Waals surface area contributed by atoms with E-state index in [9.17, 15) is 0 Å². The first-order chi connectivity index (χ1) is 10.7. The van der Waals surface area contributed by atoms with E-state index in [0.29, 0.717) is 6.04 Å². The van der Waals surface area contributed by atoms with Crippen molar-refractivity contribution in [1.29, 1.82) is 0 Å². The van der Waals surface area contributed by atoms with Crippen molar-refractivity contribution >= 4 is 11.0 Å². The monoisotopic (exact) mass is 296 g/mol. The van der Waals surface area contributed by atoms with Gasteiger partial charge < -0.3 is 8.94 Å². The van der Waals surface area contributed by atoms with Gasteiger partial charge in [0, 0.05) is 11.5 Å². The Bertz CT molecular complexity index is 802. The van der Waals surface area contributed by atoms with Gasteiger partial charge in [-0.2, -0.15) is 0 Å². The summed E-state index contributed by atoms with van der Waals surface area (Å²) in [5.41, 5.74) is 3.27. The Kier molecular flexibility index (Phi) is 3.26. The number of hydrogen-bond donors (Lipinski definition) is 0. The molecule has 1 aromatic carbocycles. The minimum atomic E-state index is 0.338. The lowest BCUT2D eigenvalue weighted by atomic mass is 10.1. The molecule has 1 saturated heterocycles. The molecule has 1 aliphatic heterocycles. The topological polar surface area (TPSA) is 42.4 Å². The maximum atomic E-state index is 6.06. The molecule has 0 spiro atoms. The molecule has 2 aromatic heterocycles. The molecule has 0 amide bonds. The number of rotatable bonds is 3. The number of benzene rings is 1. The summed E-state index contributed by atoms with van der Waals surface area (Å²) in [7, 11) is 0. The van der Waals surface area contributed by atoms with Gasteiger partial charge in [-0.1, -0.05) is 23.4 Å². The lowest BCUT2D eigenvalue weighted by Crippen LogP contribution is -2.23. The molecule has 0 aliphatic carbocycles. The second-order valence-electron chi connectivity index (χ2n) is 6.14. The predicted octanol–water partition coefficient (Wildman–Crippen LogP) is 4.37. The van der Waals surface area contributed by atoms with Crippen LogP contribution in [0.4, 0.5) is 0 Å². The van der Waals surface area contributed by atoms with Crippen LogP contribution in [-0.4, -0.2) is 16.6 Å². The van der Waals surface area contributed by atoms with Crippen LogP contribution < -0.4 is 0 Å². The quantitative estimate of drug-likeness (QED) is 0.719. The molecule has 4 rings (SSSR count). The van der Waals surface area contributed by atoms with E-state index < -0.39 is 0 Å². The summed E-state index contributed by atoms with van der Waals surface area (Å²) in [6.45, 7) is 6.00. The van der Waals surface area contributed by atoms with Gasteiger partial charge in [-0.3, -0.25) is 4.90 Å². The molecule has 0 N–H and O–H groups in total. The molecule has 3 heterocycles. The fourth-order valence-corrected chi connectivity index (χ4v) is 3.45. The SMILES string of the molecule is Cc1cc([C@@H]2CCCN2Cc2oc3ccccc3c2C)no1. The predicted molar refractivity (Wildman–Crippen MR) is 84.6 cm³/mol. The maximum absolute atomic E-state index is 6.06. The van der Waals surface area contributed by atoms with Crippen molar-refractivity contribution in [2.24, 2.45) is 0 Å². The van der Waals surface area contributed by atoms with Gasteiger partial charge in [0.2, 0.25) is 0 Å². The first-order valence-corrected chi connectivity index (χ1v) is 7.86. The van der Waals surface area contributed by atoms with Crippen molar-refractivity contribution in [1.82, 2.24) is 10.1 Å². The van der Waals surface area contributed by atoms with Gasteiger partial charge in [0.25, 0.3) is 0 Å². The van der Waals surface area contributed by atoms with Crippen molar-refractivity contribution in [3.05, 3.63) is 53.1 Å². The highest BCUT2D eigenvalue weighted by molar-refractivity contribution is 5.81. The first-order valence-electron chi connectivity index (χ1n) is 7.86. The Morgan fingerprint density at radius 3 is 2.91 bits per heavy atom. The molecule has 0 saturated carbocycles. The van der Waals surface area contributed by atoms with E-state index in [1.165, 1.54) is 17.4 Å². The number of aromatic nitrogens is 1. The Labute approximate surface area is 129 Å². The van der Waals surface area contributed by atoms with Crippen molar-refractivity contribution in [2.45, 2.75) is 39.3 Å². The largest absolute Gasteiger partial charge is 0.459 e. The molecular weight excluding hydrogens is 276 g/mol. The molecule has 22 heavy (non-hydrogen) atoms. The average molecular weight is 296 g/mol. The molecule has 4 nitrogen and oxygen atoms in total. The van der Waals surface area contributed by atoms with Crippen molar-refractivity contribution in [2.75, 3.05) is 6.54 Å². The first kappa shape index (κ1) is 13.6. The number of nitrogens with zero attached hydrogens (tertiary/aromatic N) is 2. The van der Waals surface area contributed by atoms with E-state index in [-0.39, 0.29) is 0 Å². The fraction of sp³-hybridized carbons (Fsp3) is 0.389. The second-order valence-corrected chi connectivity index (χ2v) is 6.14. The van der Waals surface area contributed by atoms with Crippen LogP contribution in [0, 0.1) is 13.8 Å². The second kappa shape index (κ2) is 5.29.